The van der Waals surface area contributed by atoms with Gasteiger partial charge in [0.25, 0.3) is 0 Å². The van der Waals surface area contributed by atoms with Crippen molar-refractivity contribution in [1.82, 2.24) is 5.32 Å². The van der Waals surface area contributed by atoms with Gasteiger partial charge >= 0.3 is 5.97 Å². The van der Waals surface area contributed by atoms with E-state index in [1.807, 2.05) is 49.4 Å². The maximum absolute atomic E-state index is 12.2. The van der Waals surface area contributed by atoms with Gasteiger partial charge in [0, 0.05) is 18.2 Å². The van der Waals surface area contributed by atoms with E-state index in [9.17, 15) is 9.59 Å². The molecule has 0 aromatic heterocycles. The minimum atomic E-state index is -0.531. The molecule has 2 aromatic carbocycles. The van der Waals surface area contributed by atoms with Gasteiger partial charge in [-0.15, -0.1) is 0 Å². The Labute approximate surface area is 147 Å². The number of aryl methyl sites for hydroxylation is 1. The summed E-state index contributed by atoms with van der Waals surface area (Å²) in [6.45, 7) is 2.02. The number of benzene rings is 2. The number of carbonyl (C=O) groups excluding carboxylic acids is 2. The first kappa shape index (κ1) is 17.2. The molecule has 2 unspecified atom stereocenters. The van der Waals surface area contributed by atoms with Crippen LogP contribution < -0.4 is 10.6 Å². The molecule has 0 fully saturated rings. The third-order valence-corrected chi connectivity index (χ3v) is 4.51. The van der Waals surface area contributed by atoms with Crippen LogP contribution in [0, 0.1) is 0 Å². The Morgan fingerprint density at radius 3 is 2.60 bits per heavy atom. The van der Waals surface area contributed by atoms with Crippen LogP contribution in [0.1, 0.15) is 42.1 Å². The Kier molecular flexibility index (Phi) is 5.14. The Balaban J connectivity index is 1.81. The predicted molar refractivity (Wildman–Crippen MR) is 96.1 cm³/mol. The van der Waals surface area contributed by atoms with Crippen molar-refractivity contribution < 1.29 is 14.3 Å². The van der Waals surface area contributed by atoms with Gasteiger partial charge < -0.3 is 10.1 Å². The first-order chi connectivity index (χ1) is 12.1. The summed E-state index contributed by atoms with van der Waals surface area (Å²) in [5.41, 5.74) is 3.94. The van der Waals surface area contributed by atoms with Crippen molar-refractivity contribution >= 4 is 17.6 Å². The molecule has 25 heavy (non-hydrogen) atoms. The number of methoxy groups -OCH3 is 1. The minimum Gasteiger partial charge on any atom is -0.468 e. The van der Waals surface area contributed by atoms with Gasteiger partial charge in [-0.25, -0.2) is 4.79 Å². The lowest BCUT2D eigenvalue weighted by Crippen LogP contribution is -2.32. The smallest absolute Gasteiger partial charge is 0.327 e. The molecule has 3 rings (SSSR count). The van der Waals surface area contributed by atoms with Gasteiger partial charge in [0.1, 0.15) is 6.04 Å². The quantitative estimate of drug-likeness (QED) is 0.822. The number of anilines is 1. The van der Waals surface area contributed by atoms with Crippen molar-refractivity contribution in [2.24, 2.45) is 0 Å². The Hall–Kier alpha value is -2.66. The molecule has 1 aliphatic heterocycles. The minimum absolute atomic E-state index is 0.0489. The summed E-state index contributed by atoms with van der Waals surface area (Å²) >= 11 is 0. The van der Waals surface area contributed by atoms with Crippen molar-refractivity contribution in [3.8, 4) is 0 Å². The summed E-state index contributed by atoms with van der Waals surface area (Å²) in [4.78, 5) is 23.7. The molecule has 5 nitrogen and oxygen atoms in total. The molecule has 0 radical (unpaired) electrons. The van der Waals surface area contributed by atoms with Gasteiger partial charge in [0.15, 0.2) is 0 Å². The van der Waals surface area contributed by atoms with Crippen LogP contribution >= 0.6 is 0 Å². The number of nitrogens with one attached hydrogen (secondary N) is 2. The molecule has 2 atom stereocenters. The van der Waals surface area contributed by atoms with Gasteiger partial charge in [0.05, 0.1) is 7.11 Å². The number of fused-ring (bicyclic) bond motifs is 1. The predicted octanol–water partition coefficient (Wildman–Crippen LogP) is 3.14. The number of rotatable bonds is 5. The van der Waals surface area contributed by atoms with Crippen LogP contribution in [0.2, 0.25) is 0 Å². The van der Waals surface area contributed by atoms with Crippen LogP contribution in [0.25, 0.3) is 0 Å². The summed E-state index contributed by atoms with van der Waals surface area (Å²) in [7, 11) is 1.40. The lowest BCUT2D eigenvalue weighted by Gasteiger charge is -2.24. The van der Waals surface area contributed by atoms with E-state index in [0.717, 1.165) is 28.8 Å². The third kappa shape index (κ3) is 3.88. The first-order valence-corrected chi connectivity index (χ1v) is 8.40. The molecule has 2 N–H and O–H groups in total. The average molecular weight is 338 g/mol. The first-order valence-electron chi connectivity index (χ1n) is 8.40. The molecule has 2 aromatic rings. The Bertz CT molecular complexity index is 774. The number of hydrogen-bond donors (Lipinski definition) is 2. The topological polar surface area (TPSA) is 67.4 Å². The van der Waals surface area contributed by atoms with Gasteiger partial charge in [-0.2, -0.15) is 0 Å². The van der Waals surface area contributed by atoms with Crippen LogP contribution in [0.15, 0.2) is 48.5 Å². The maximum atomic E-state index is 12.2. The zero-order valence-corrected chi connectivity index (χ0v) is 14.4. The number of amides is 1. The highest BCUT2D eigenvalue weighted by Gasteiger charge is 2.24. The van der Waals surface area contributed by atoms with Crippen LogP contribution in [-0.4, -0.2) is 19.0 Å². The molecule has 1 amide bonds. The fourth-order valence-corrected chi connectivity index (χ4v) is 3.08. The fourth-order valence-electron chi connectivity index (χ4n) is 3.08. The van der Waals surface area contributed by atoms with Crippen molar-refractivity contribution in [3.05, 3.63) is 65.2 Å². The number of esters is 1. The molecule has 0 saturated carbocycles. The van der Waals surface area contributed by atoms with E-state index in [4.69, 9.17) is 4.74 Å². The molecule has 5 heteroatoms. The zero-order chi connectivity index (χ0) is 17.8. The van der Waals surface area contributed by atoms with Crippen LogP contribution in [-0.2, 0) is 20.7 Å². The van der Waals surface area contributed by atoms with Gasteiger partial charge in [-0.1, -0.05) is 42.5 Å². The number of carbonyl (C=O) groups is 2. The molecule has 130 valence electrons. The highest BCUT2D eigenvalue weighted by Crippen LogP contribution is 2.27. The summed E-state index contributed by atoms with van der Waals surface area (Å²) in [5.74, 6) is -0.260. The average Bonchev–Trinajstić information content (AvgIpc) is 2.65. The second-order valence-electron chi connectivity index (χ2n) is 6.22. The van der Waals surface area contributed by atoms with Crippen molar-refractivity contribution in [2.45, 2.75) is 31.8 Å². The van der Waals surface area contributed by atoms with Gasteiger partial charge in [-0.05, 0) is 36.1 Å². The molecule has 0 saturated heterocycles. The second kappa shape index (κ2) is 7.49. The van der Waals surface area contributed by atoms with Crippen molar-refractivity contribution in [1.29, 1.82) is 0 Å². The number of ether oxygens (including phenoxy) is 1. The molecule has 1 heterocycles. The Morgan fingerprint density at radius 1 is 1.12 bits per heavy atom. The summed E-state index contributed by atoms with van der Waals surface area (Å²) < 4.78 is 4.96. The second-order valence-corrected chi connectivity index (χ2v) is 6.22. The van der Waals surface area contributed by atoms with Crippen molar-refractivity contribution in [2.75, 3.05) is 12.4 Å². The standard InChI is InChI=1S/C20H22N2O3/c1-13(15-8-10-17-16(12-15)9-11-18(23)22-17)21-19(20(24)25-2)14-6-4-3-5-7-14/h3-8,10,12-13,19,21H,9,11H2,1-2H3,(H,22,23). The van der Waals surface area contributed by atoms with Crippen LogP contribution in [0.4, 0.5) is 5.69 Å². The largest absolute Gasteiger partial charge is 0.468 e. The molecular weight excluding hydrogens is 316 g/mol. The van der Waals surface area contributed by atoms with Gasteiger partial charge in [-0.3, -0.25) is 10.1 Å². The van der Waals surface area contributed by atoms with E-state index in [1.165, 1.54) is 7.11 Å². The summed E-state index contributed by atoms with van der Waals surface area (Å²) in [6, 6.07) is 14.9. The molecule has 1 aliphatic rings. The lowest BCUT2D eigenvalue weighted by molar-refractivity contribution is -0.143. The van der Waals surface area contributed by atoms with E-state index in [1.54, 1.807) is 0 Å². The normalized spacial score (nSPS) is 15.7. The molecular formula is C20H22N2O3. The number of hydrogen-bond acceptors (Lipinski definition) is 4. The van der Waals surface area contributed by atoms with E-state index in [2.05, 4.69) is 16.7 Å². The van der Waals surface area contributed by atoms with E-state index < -0.39 is 6.04 Å². The lowest BCUT2D eigenvalue weighted by atomic mass is 9.97. The summed E-state index contributed by atoms with van der Waals surface area (Å²) in [6.07, 6.45) is 1.24. The van der Waals surface area contributed by atoms with Crippen molar-refractivity contribution in [3.63, 3.8) is 0 Å². The fraction of sp³-hybridized carbons (Fsp3) is 0.300. The van der Waals surface area contributed by atoms with E-state index in [0.29, 0.717) is 6.42 Å². The monoisotopic (exact) mass is 338 g/mol. The van der Waals surface area contributed by atoms with Crippen LogP contribution in [0.3, 0.4) is 0 Å². The summed E-state index contributed by atoms with van der Waals surface area (Å²) in [5, 5.41) is 6.24. The molecule has 0 aliphatic carbocycles. The molecule has 0 spiro atoms. The highest BCUT2D eigenvalue weighted by molar-refractivity contribution is 5.93. The Morgan fingerprint density at radius 2 is 1.88 bits per heavy atom. The maximum Gasteiger partial charge on any atom is 0.327 e. The third-order valence-electron chi connectivity index (χ3n) is 4.51. The zero-order valence-electron chi connectivity index (χ0n) is 14.4. The SMILES string of the molecule is COC(=O)C(NC(C)c1ccc2c(c1)CCC(=O)N2)c1ccccc1. The van der Waals surface area contributed by atoms with Crippen LogP contribution in [0.5, 0.6) is 0 Å². The molecule has 0 bridgehead atoms. The highest BCUT2D eigenvalue weighted by atomic mass is 16.5. The van der Waals surface area contributed by atoms with E-state index in [-0.39, 0.29) is 17.9 Å². The van der Waals surface area contributed by atoms with E-state index >= 15 is 0 Å². The van der Waals surface area contributed by atoms with Gasteiger partial charge in [0.2, 0.25) is 5.91 Å².